The first-order valence-corrected chi connectivity index (χ1v) is 9.15. The highest BCUT2D eigenvalue weighted by Crippen LogP contribution is 2.31. The van der Waals surface area contributed by atoms with Crippen molar-refractivity contribution in [2.45, 2.75) is 51.5 Å². The number of benzene rings is 1. The molecule has 1 N–H and O–H groups in total. The van der Waals surface area contributed by atoms with E-state index in [4.69, 9.17) is 0 Å². The van der Waals surface area contributed by atoms with Crippen molar-refractivity contribution in [3.8, 4) is 0 Å². The van der Waals surface area contributed by atoms with Gasteiger partial charge in [-0.1, -0.05) is 25.5 Å². The third kappa shape index (κ3) is 3.94. The van der Waals surface area contributed by atoms with E-state index < -0.39 is 5.54 Å². The van der Waals surface area contributed by atoms with Gasteiger partial charge in [0.25, 0.3) is 5.91 Å². The molecular formula is C18H25BrN2O2. The Labute approximate surface area is 146 Å². The molecule has 4 nitrogen and oxygen atoms in total. The number of carbonyl (C=O) groups excluding carboxylic acids is 2. The lowest BCUT2D eigenvalue weighted by molar-refractivity contribution is -0.133. The van der Waals surface area contributed by atoms with Crippen LogP contribution in [0.2, 0.25) is 0 Å². The van der Waals surface area contributed by atoms with Gasteiger partial charge in [-0.05, 0) is 60.7 Å². The number of hydrogen-bond donors (Lipinski definition) is 1. The Morgan fingerprint density at radius 1 is 1.30 bits per heavy atom. The lowest BCUT2D eigenvalue weighted by atomic mass is 9.86. The van der Waals surface area contributed by atoms with Crippen molar-refractivity contribution >= 4 is 27.7 Å². The van der Waals surface area contributed by atoms with E-state index in [2.05, 4.69) is 28.2 Å². The van der Waals surface area contributed by atoms with E-state index in [1.165, 1.54) is 0 Å². The largest absolute Gasteiger partial charge is 0.354 e. The van der Waals surface area contributed by atoms with Gasteiger partial charge in [0.05, 0.1) is 5.56 Å². The van der Waals surface area contributed by atoms with Crippen LogP contribution in [0.4, 0.5) is 0 Å². The molecule has 2 amide bonds. The van der Waals surface area contributed by atoms with E-state index in [0.717, 1.165) is 30.2 Å². The van der Waals surface area contributed by atoms with Crippen molar-refractivity contribution in [2.75, 3.05) is 13.1 Å². The monoisotopic (exact) mass is 380 g/mol. The van der Waals surface area contributed by atoms with Gasteiger partial charge in [-0.2, -0.15) is 0 Å². The third-order valence-electron chi connectivity index (χ3n) is 4.55. The first kappa shape index (κ1) is 18.0. The van der Waals surface area contributed by atoms with Crippen LogP contribution in [-0.4, -0.2) is 35.3 Å². The molecule has 0 bridgehead atoms. The second-order valence-electron chi connectivity index (χ2n) is 6.28. The minimum Gasteiger partial charge on any atom is -0.354 e. The molecule has 1 aromatic carbocycles. The second kappa shape index (κ2) is 7.95. The van der Waals surface area contributed by atoms with Gasteiger partial charge in [0.15, 0.2) is 0 Å². The minimum atomic E-state index is -0.766. The highest BCUT2D eigenvalue weighted by atomic mass is 79.9. The van der Waals surface area contributed by atoms with Gasteiger partial charge in [-0.15, -0.1) is 0 Å². The Balaban J connectivity index is 2.22. The average Bonchev–Trinajstić information content (AvgIpc) is 2.55. The van der Waals surface area contributed by atoms with Gasteiger partial charge >= 0.3 is 0 Å². The zero-order valence-corrected chi connectivity index (χ0v) is 15.5. The summed E-state index contributed by atoms with van der Waals surface area (Å²) in [6.07, 6.45) is 4.61. The summed E-state index contributed by atoms with van der Waals surface area (Å²) >= 11 is 3.44. The fraction of sp³-hybridized carbons (Fsp3) is 0.556. The normalized spacial score (nSPS) is 21.1. The lowest BCUT2D eigenvalue weighted by Crippen LogP contribution is -2.61. The molecule has 126 valence electrons. The number of nitrogens with one attached hydrogen (secondary N) is 1. The third-order valence-corrected chi connectivity index (χ3v) is 5.24. The molecule has 1 unspecified atom stereocenters. The zero-order chi connectivity index (χ0) is 16.9. The average molecular weight is 381 g/mol. The topological polar surface area (TPSA) is 49.4 Å². The summed E-state index contributed by atoms with van der Waals surface area (Å²) in [5, 5.41) is 3.00. The number of hydrogen-bond acceptors (Lipinski definition) is 2. The first-order chi connectivity index (χ1) is 11.0. The number of halogens is 1. The molecule has 23 heavy (non-hydrogen) atoms. The van der Waals surface area contributed by atoms with Gasteiger partial charge in [0.2, 0.25) is 5.91 Å². The van der Waals surface area contributed by atoms with Crippen LogP contribution in [0.5, 0.6) is 0 Å². The maximum Gasteiger partial charge on any atom is 0.255 e. The van der Waals surface area contributed by atoms with Crippen molar-refractivity contribution < 1.29 is 9.59 Å². The van der Waals surface area contributed by atoms with Gasteiger partial charge in [0, 0.05) is 17.6 Å². The van der Waals surface area contributed by atoms with Crippen molar-refractivity contribution in [1.29, 1.82) is 0 Å². The van der Waals surface area contributed by atoms with E-state index in [-0.39, 0.29) is 11.8 Å². The number of unbranched alkanes of at least 4 members (excludes halogenated alkanes) is 1. The Morgan fingerprint density at radius 3 is 2.74 bits per heavy atom. The van der Waals surface area contributed by atoms with Crippen LogP contribution in [0.25, 0.3) is 0 Å². The highest BCUT2D eigenvalue weighted by molar-refractivity contribution is 9.10. The minimum absolute atomic E-state index is 0.0361. The molecule has 0 aliphatic carbocycles. The molecule has 5 heteroatoms. The second-order valence-corrected chi connectivity index (χ2v) is 7.13. The smallest absolute Gasteiger partial charge is 0.255 e. The van der Waals surface area contributed by atoms with Crippen LogP contribution < -0.4 is 5.32 Å². The molecule has 0 saturated carbocycles. The summed E-state index contributed by atoms with van der Waals surface area (Å²) in [6, 6.07) is 7.39. The lowest BCUT2D eigenvalue weighted by Gasteiger charge is -2.43. The van der Waals surface area contributed by atoms with E-state index in [9.17, 15) is 9.59 Å². The number of nitrogens with zero attached hydrogens (tertiary/aromatic N) is 1. The Kier molecular flexibility index (Phi) is 6.22. The van der Waals surface area contributed by atoms with E-state index in [1.54, 1.807) is 11.0 Å². The molecule has 1 atom stereocenters. The zero-order valence-electron chi connectivity index (χ0n) is 13.9. The summed E-state index contributed by atoms with van der Waals surface area (Å²) in [6.45, 7) is 5.28. The summed E-state index contributed by atoms with van der Waals surface area (Å²) in [4.78, 5) is 27.4. The predicted molar refractivity (Wildman–Crippen MR) is 95.4 cm³/mol. The van der Waals surface area contributed by atoms with Crippen molar-refractivity contribution in [2.24, 2.45) is 0 Å². The van der Waals surface area contributed by atoms with Gasteiger partial charge in [0.1, 0.15) is 5.54 Å². The van der Waals surface area contributed by atoms with Crippen molar-refractivity contribution in [1.82, 2.24) is 10.2 Å². The molecule has 0 spiro atoms. The van der Waals surface area contributed by atoms with Gasteiger partial charge < -0.3 is 10.2 Å². The Morgan fingerprint density at radius 2 is 2.04 bits per heavy atom. The number of carbonyl (C=O) groups is 2. The van der Waals surface area contributed by atoms with Crippen LogP contribution in [0, 0.1) is 0 Å². The van der Waals surface area contributed by atoms with Crippen molar-refractivity contribution in [3.63, 3.8) is 0 Å². The van der Waals surface area contributed by atoms with E-state index in [0.29, 0.717) is 25.1 Å². The maximum atomic E-state index is 13.0. The summed E-state index contributed by atoms with van der Waals surface area (Å²) < 4.78 is 0.768. The van der Waals surface area contributed by atoms with Crippen LogP contribution in [0.1, 0.15) is 56.3 Å². The molecule has 1 aromatic rings. The van der Waals surface area contributed by atoms with E-state index in [1.807, 2.05) is 25.1 Å². The van der Waals surface area contributed by atoms with Crippen LogP contribution >= 0.6 is 15.9 Å². The van der Waals surface area contributed by atoms with Crippen LogP contribution in [0.3, 0.4) is 0 Å². The Bertz CT molecular complexity index is 576. The van der Waals surface area contributed by atoms with Crippen LogP contribution in [0.15, 0.2) is 28.7 Å². The molecule has 1 aliphatic rings. The fourth-order valence-electron chi connectivity index (χ4n) is 3.03. The number of amides is 2. The summed E-state index contributed by atoms with van der Waals surface area (Å²) in [5.74, 6) is -0.114. The van der Waals surface area contributed by atoms with Gasteiger partial charge in [-0.3, -0.25) is 9.59 Å². The highest BCUT2D eigenvalue weighted by Gasteiger charge is 2.43. The van der Waals surface area contributed by atoms with Crippen LogP contribution in [-0.2, 0) is 4.79 Å². The molecule has 0 radical (unpaired) electrons. The van der Waals surface area contributed by atoms with Gasteiger partial charge in [-0.25, -0.2) is 0 Å². The predicted octanol–water partition coefficient (Wildman–Crippen LogP) is 3.75. The SMILES string of the molecule is CCCCNC(=O)C1(C)CCCCN1C(=O)c1ccccc1Br. The summed E-state index contributed by atoms with van der Waals surface area (Å²) in [7, 11) is 0. The molecular weight excluding hydrogens is 356 g/mol. The number of rotatable bonds is 5. The van der Waals surface area contributed by atoms with E-state index >= 15 is 0 Å². The summed E-state index contributed by atoms with van der Waals surface area (Å²) in [5.41, 5.74) is -0.153. The molecule has 1 saturated heterocycles. The maximum absolute atomic E-state index is 13.0. The standard InChI is InChI=1S/C18H25BrN2O2/c1-3-4-12-20-17(23)18(2)11-7-8-13-21(18)16(22)14-9-5-6-10-15(14)19/h5-6,9-10H,3-4,7-8,11-13H2,1-2H3,(H,20,23). The quantitative estimate of drug-likeness (QED) is 0.790. The van der Waals surface area contributed by atoms with Crippen molar-refractivity contribution in [3.05, 3.63) is 34.3 Å². The Hall–Kier alpha value is -1.36. The molecule has 0 aromatic heterocycles. The molecule has 1 fully saturated rings. The number of likely N-dealkylation sites (tertiary alicyclic amines) is 1. The fourth-order valence-corrected chi connectivity index (χ4v) is 3.49. The first-order valence-electron chi connectivity index (χ1n) is 8.35. The molecule has 2 rings (SSSR count). The molecule has 1 heterocycles. The number of piperidine rings is 1. The molecule has 1 aliphatic heterocycles.